The lowest BCUT2D eigenvalue weighted by Crippen LogP contribution is -2.92. The van der Waals surface area contributed by atoms with Gasteiger partial charge < -0.3 is 15.0 Å². The van der Waals surface area contributed by atoms with Gasteiger partial charge in [0.05, 0.1) is 0 Å². The number of amides is 1. The highest BCUT2D eigenvalue weighted by atomic mass is 19.3. The summed E-state index contributed by atoms with van der Waals surface area (Å²) in [5.74, 6) is 0.0771. The van der Waals surface area contributed by atoms with Crippen molar-refractivity contribution in [2.24, 2.45) is 0 Å². The fraction of sp³-hybridized carbons (Fsp3) is 0.208. The molecule has 2 N–H and O–H groups in total. The quantitative estimate of drug-likeness (QED) is 0.609. The Morgan fingerprint density at radius 1 is 0.867 bits per heavy atom. The summed E-state index contributed by atoms with van der Waals surface area (Å²) >= 11 is 0. The molecule has 3 aromatic rings. The van der Waals surface area contributed by atoms with Crippen LogP contribution in [0.15, 0.2) is 84.9 Å². The Labute approximate surface area is 175 Å². The predicted octanol–water partition coefficient (Wildman–Crippen LogP) is 3.99. The van der Waals surface area contributed by atoms with E-state index in [-0.39, 0.29) is 23.7 Å². The Hall–Kier alpha value is -3.25. The number of rotatable bonds is 8. The zero-order valence-electron chi connectivity index (χ0n) is 16.9. The lowest BCUT2D eigenvalue weighted by atomic mass is 9.97. The molecule has 30 heavy (non-hydrogen) atoms. The molecule has 0 aliphatic rings. The zero-order chi connectivity index (χ0) is 21.5. The second-order valence-electron chi connectivity index (χ2n) is 7.05. The van der Waals surface area contributed by atoms with Crippen molar-refractivity contribution in [3.8, 4) is 5.75 Å². The molecule has 0 unspecified atom stereocenters. The standard InChI is InChI=1S/C24H24F2N2O2/c1-17(23(29)28(2)20-11-7-4-8-12-20)27-22(18-9-5-3-6-10-18)19-13-15-21(16-14-19)30-24(25)26/h3-17,22,24,27H,1-2H3/p+1/t17-,22-/m0/s1. The van der Waals surface area contributed by atoms with E-state index < -0.39 is 6.61 Å². The molecule has 0 saturated heterocycles. The second kappa shape index (κ2) is 9.98. The lowest BCUT2D eigenvalue weighted by molar-refractivity contribution is -0.704. The van der Waals surface area contributed by atoms with E-state index in [1.165, 1.54) is 12.1 Å². The molecule has 6 heteroatoms. The SMILES string of the molecule is C[C@H]([NH2+][C@@H](c1ccccc1)c1ccc(OC(F)F)cc1)C(=O)N(C)c1ccccc1. The Bertz CT molecular complexity index is 934. The molecule has 0 fully saturated rings. The van der Waals surface area contributed by atoms with Crippen LogP contribution < -0.4 is 15.0 Å². The maximum Gasteiger partial charge on any atom is 0.387 e. The van der Waals surface area contributed by atoms with E-state index in [2.05, 4.69) is 4.74 Å². The number of likely N-dealkylation sites (N-methyl/N-ethyl adjacent to an activating group) is 1. The third kappa shape index (κ3) is 5.42. The maximum atomic E-state index is 13.0. The Morgan fingerprint density at radius 2 is 1.40 bits per heavy atom. The number of hydrogen-bond acceptors (Lipinski definition) is 2. The van der Waals surface area contributed by atoms with Gasteiger partial charge in [-0.3, -0.25) is 4.79 Å². The van der Waals surface area contributed by atoms with E-state index in [4.69, 9.17) is 0 Å². The summed E-state index contributed by atoms with van der Waals surface area (Å²) in [5.41, 5.74) is 2.74. The van der Waals surface area contributed by atoms with Gasteiger partial charge in [0, 0.05) is 23.9 Å². The summed E-state index contributed by atoms with van der Waals surface area (Å²) in [7, 11) is 1.76. The number of nitrogens with two attached hydrogens (primary N) is 1. The molecule has 0 heterocycles. The molecular weight excluding hydrogens is 386 g/mol. The van der Waals surface area contributed by atoms with Crippen LogP contribution in [-0.2, 0) is 4.79 Å². The van der Waals surface area contributed by atoms with Crippen LogP contribution in [0.2, 0.25) is 0 Å². The van der Waals surface area contributed by atoms with Gasteiger partial charge in [0.25, 0.3) is 5.91 Å². The number of alkyl halides is 2. The summed E-state index contributed by atoms with van der Waals surface area (Å²) in [4.78, 5) is 14.6. The minimum absolute atomic E-state index is 0.0280. The average molecular weight is 411 g/mol. The third-order valence-corrected chi connectivity index (χ3v) is 4.97. The molecule has 156 valence electrons. The Kier molecular flexibility index (Phi) is 7.14. The normalized spacial score (nSPS) is 13.0. The number of anilines is 1. The van der Waals surface area contributed by atoms with E-state index in [1.54, 1.807) is 24.1 Å². The molecule has 0 bridgehead atoms. The van der Waals surface area contributed by atoms with Crippen molar-refractivity contribution in [2.45, 2.75) is 25.6 Å². The first-order chi connectivity index (χ1) is 14.5. The highest BCUT2D eigenvalue weighted by Crippen LogP contribution is 2.22. The van der Waals surface area contributed by atoms with Gasteiger partial charge in [-0.2, -0.15) is 8.78 Å². The molecule has 0 spiro atoms. The van der Waals surface area contributed by atoms with Gasteiger partial charge in [-0.25, -0.2) is 0 Å². The fourth-order valence-electron chi connectivity index (χ4n) is 3.39. The van der Waals surface area contributed by atoms with Crippen LogP contribution in [0.5, 0.6) is 5.75 Å². The predicted molar refractivity (Wildman–Crippen MR) is 113 cm³/mol. The molecule has 0 aliphatic carbocycles. The molecule has 2 atom stereocenters. The minimum atomic E-state index is -2.86. The van der Waals surface area contributed by atoms with E-state index in [0.717, 1.165) is 16.8 Å². The van der Waals surface area contributed by atoms with Crippen LogP contribution in [0.25, 0.3) is 0 Å². The first kappa shape index (κ1) is 21.5. The van der Waals surface area contributed by atoms with Crippen molar-refractivity contribution in [1.29, 1.82) is 0 Å². The number of ether oxygens (including phenoxy) is 1. The highest BCUT2D eigenvalue weighted by Gasteiger charge is 2.27. The molecule has 3 aromatic carbocycles. The first-order valence-electron chi connectivity index (χ1n) is 9.73. The molecular formula is C24H25F2N2O2+. The minimum Gasteiger partial charge on any atom is -0.435 e. The van der Waals surface area contributed by atoms with Gasteiger partial charge in [0.1, 0.15) is 11.8 Å². The van der Waals surface area contributed by atoms with Crippen molar-refractivity contribution < 1.29 is 23.6 Å². The number of hydrogen-bond donors (Lipinski definition) is 1. The number of halogens is 2. The zero-order valence-corrected chi connectivity index (χ0v) is 16.9. The van der Waals surface area contributed by atoms with Crippen molar-refractivity contribution in [1.82, 2.24) is 0 Å². The number of para-hydroxylation sites is 1. The smallest absolute Gasteiger partial charge is 0.387 e. The van der Waals surface area contributed by atoms with Crippen LogP contribution >= 0.6 is 0 Å². The number of benzene rings is 3. The number of carbonyl (C=O) groups excluding carboxylic acids is 1. The summed E-state index contributed by atoms with van der Waals surface area (Å²) in [6.07, 6.45) is 0. The summed E-state index contributed by atoms with van der Waals surface area (Å²) in [6.45, 7) is -0.995. The van der Waals surface area contributed by atoms with Crippen molar-refractivity contribution >= 4 is 11.6 Å². The maximum absolute atomic E-state index is 13.0. The topological polar surface area (TPSA) is 46.1 Å². The van der Waals surface area contributed by atoms with Gasteiger partial charge in [0.2, 0.25) is 0 Å². The largest absolute Gasteiger partial charge is 0.435 e. The Balaban J connectivity index is 1.82. The average Bonchev–Trinajstić information content (AvgIpc) is 2.77. The summed E-state index contributed by atoms with van der Waals surface area (Å²) in [5, 5.41) is 1.99. The van der Waals surface area contributed by atoms with Crippen LogP contribution in [0.3, 0.4) is 0 Å². The number of carbonyl (C=O) groups is 1. The van der Waals surface area contributed by atoms with Gasteiger partial charge in [-0.15, -0.1) is 0 Å². The first-order valence-corrected chi connectivity index (χ1v) is 9.73. The van der Waals surface area contributed by atoms with Crippen molar-refractivity contribution in [3.63, 3.8) is 0 Å². The Morgan fingerprint density at radius 3 is 1.97 bits per heavy atom. The van der Waals surface area contributed by atoms with Gasteiger partial charge in [-0.05, 0) is 43.3 Å². The van der Waals surface area contributed by atoms with Crippen molar-refractivity contribution in [3.05, 3.63) is 96.1 Å². The molecule has 0 aromatic heterocycles. The molecule has 0 saturated carbocycles. The fourth-order valence-corrected chi connectivity index (χ4v) is 3.39. The van der Waals surface area contributed by atoms with Gasteiger partial charge >= 0.3 is 6.61 Å². The number of nitrogens with zero attached hydrogens (tertiary/aromatic N) is 1. The second-order valence-corrected chi connectivity index (χ2v) is 7.05. The monoisotopic (exact) mass is 411 g/mol. The van der Waals surface area contributed by atoms with E-state index in [1.807, 2.05) is 72.9 Å². The lowest BCUT2D eigenvalue weighted by Gasteiger charge is -2.24. The molecule has 4 nitrogen and oxygen atoms in total. The van der Waals surface area contributed by atoms with Crippen LogP contribution in [0.4, 0.5) is 14.5 Å². The molecule has 0 radical (unpaired) electrons. The van der Waals surface area contributed by atoms with Crippen molar-refractivity contribution in [2.75, 3.05) is 11.9 Å². The van der Waals surface area contributed by atoms with Crippen LogP contribution in [0, 0.1) is 0 Å². The number of quaternary nitrogens is 1. The van der Waals surface area contributed by atoms with Gasteiger partial charge in [0.15, 0.2) is 6.04 Å². The van der Waals surface area contributed by atoms with E-state index in [0.29, 0.717) is 0 Å². The third-order valence-electron chi connectivity index (χ3n) is 4.97. The molecule has 0 aliphatic heterocycles. The molecule has 1 amide bonds. The van der Waals surface area contributed by atoms with E-state index >= 15 is 0 Å². The van der Waals surface area contributed by atoms with E-state index in [9.17, 15) is 13.6 Å². The molecule has 3 rings (SSSR count). The van der Waals surface area contributed by atoms with Gasteiger partial charge in [-0.1, -0.05) is 48.5 Å². The van der Waals surface area contributed by atoms with Crippen LogP contribution in [0.1, 0.15) is 24.1 Å². The van der Waals surface area contributed by atoms with Crippen LogP contribution in [-0.4, -0.2) is 25.6 Å². The highest BCUT2D eigenvalue weighted by molar-refractivity contribution is 5.95. The summed E-state index contributed by atoms with van der Waals surface area (Å²) in [6, 6.07) is 25.3. The summed E-state index contributed by atoms with van der Waals surface area (Å²) < 4.78 is 29.4.